The number of rotatable bonds is 4. The predicted molar refractivity (Wildman–Crippen MR) is 102 cm³/mol. The first-order valence-corrected chi connectivity index (χ1v) is 9.35. The van der Waals surface area contributed by atoms with Gasteiger partial charge in [-0.25, -0.2) is 9.78 Å². The van der Waals surface area contributed by atoms with Crippen molar-refractivity contribution in [3.05, 3.63) is 52.4 Å². The van der Waals surface area contributed by atoms with E-state index >= 15 is 0 Å². The van der Waals surface area contributed by atoms with E-state index < -0.39 is 5.76 Å². The van der Waals surface area contributed by atoms with Crippen LogP contribution < -0.4 is 10.5 Å². The average Bonchev–Trinajstić information content (AvgIpc) is 2.96. The summed E-state index contributed by atoms with van der Waals surface area (Å²) in [6.07, 6.45) is 1.55. The van der Waals surface area contributed by atoms with Crippen LogP contribution in [0.1, 0.15) is 24.4 Å². The lowest BCUT2D eigenvalue weighted by atomic mass is 10.1. The largest absolute Gasteiger partial charge is 0.472 e. The SMILES string of the molecule is Cc1cc(OC2CCCN(C(=O)Cn3c(=O)oc4ccccc43)C2)nc(C)n1. The minimum Gasteiger partial charge on any atom is -0.472 e. The highest BCUT2D eigenvalue weighted by atomic mass is 16.5. The van der Waals surface area contributed by atoms with Crippen LogP contribution in [0.3, 0.4) is 0 Å². The van der Waals surface area contributed by atoms with Gasteiger partial charge < -0.3 is 14.1 Å². The Morgan fingerprint density at radius 1 is 1.29 bits per heavy atom. The number of piperidine rings is 1. The van der Waals surface area contributed by atoms with Gasteiger partial charge in [-0.3, -0.25) is 9.36 Å². The van der Waals surface area contributed by atoms with Gasteiger partial charge in [0, 0.05) is 18.3 Å². The molecule has 0 spiro atoms. The Kier molecular flexibility index (Phi) is 4.85. The molecule has 28 heavy (non-hydrogen) atoms. The van der Waals surface area contributed by atoms with Gasteiger partial charge in [-0.1, -0.05) is 12.1 Å². The zero-order chi connectivity index (χ0) is 19.7. The fourth-order valence-electron chi connectivity index (χ4n) is 3.57. The maximum atomic E-state index is 12.8. The highest BCUT2D eigenvalue weighted by Crippen LogP contribution is 2.19. The normalized spacial score (nSPS) is 17.1. The Balaban J connectivity index is 1.46. The Morgan fingerprint density at radius 2 is 2.11 bits per heavy atom. The van der Waals surface area contributed by atoms with Crippen LogP contribution >= 0.6 is 0 Å². The number of ether oxygens (including phenoxy) is 1. The molecule has 1 aliphatic rings. The van der Waals surface area contributed by atoms with Gasteiger partial charge in [0.1, 0.15) is 18.5 Å². The molecule has 1 atom stereocenters. The summed E-state index contributed by atoms with van der Waals surface area (Å²) in [6, 6.07) is 8.89. The van der Waals surface area contributed by atoms with Crippen molar-refractivity contribution in [3.8, 4) is 5.88 Å². The number of nitrogens with zero attached hydrogens (tertiary/aromatic N) is 4. The zero-order valence-corrected chi connectivity index (χ0v) is 15.9. The summed E-state index contributed by atoms with van der Waals surface area (Å²) in [7, 11) is 0. The molecule has 1 aliphatic heterocycles. The van der Waals surface area contributed by atoms with E-state index in [2.05, 4.69) is 9.97 Å². The molecule has 1 aromatic carbocycles. The number of oxazole rings is 1. The van der Waals surface area contributed by atoms with Gasteiger partial charge in [0.05, 0.1) is 12.1 Å². The molecule has 0 bridgehead atoms. The van der Waals surface area contributed by atoms with Crippen molar-refractivity contribution in [1.82, 2.24) is 19.4 Å². The second-order valence-corrected chi connectivity index (χ2v) is 7.04. The second-order valence-electron chi connectivity index (χ2n) is 7.04. The number of aryl methyl sites for hydroxylation is 2. The molecule has 1 fully saturated rings. The van der Waals surface area contributed by atoms with Crippen molar-refractivity contribution in [3.63, 3.8) is 0 Å². The van der Waals surface area contributed by atoms with Crippen LogP contribution in [-0.2, 0) is 11.3 Å². The first-order valence-electron chi connectivity index (χ1n) is 9.35. The fraction of sp³-hybridized carbons (Fsp3) is 0.400. The summed E-state index contributed by atoms with van der Waals surface area (Å²) in [5, 5.41) is 0. The minimum atomic E-state index is -0.522. The van der Waals surface area contributed by atoms with E-state index in [1.165, 1.54) is 4.57 Å². The molecule has 0 radical (unpaired) electrons. The Hall–Kier alpha value is -3.16. The quantitative estimate of drug-likeness (QED) is 0.686. The van der Waals surface area contributed by atoms with Crippen molar-refractivity contribution >= 4 is 17.0 Å². The molecule has 2 aromatic heterocycles. The lowest BCUT2D eigenvalue weighted by Gasteiger charge is -2.32. The van der Waals surface area contributed by atoms with E-state index in [1.807, 2.05) is 19.9 Å². The number of hydrogen-bond donors (Lipinski definition) is 0. The van der Waals surface area contributed by atoms with Crippen LogP contribution in [0.25, 0.3) is 11.1 Å². The molecule has 146 valence electrons. The van der Waals surface area contributed by atoms with Crippen molar-refractivity contribution in [1.29, 1.82) is 0 Å². The molecule has 1 saturated heterocycles. The molecule has 0 aliphatic carbocycles. The molecule has 1 unspecified atom stereocenters. The molecule has 3 heterocycles. The Labute approximate surface area is 161 Å². The number of carbonyl (C=O) groups excluding carboxylic acids is 1. The summed E-state index contributed by atoms with van der Waals surface area (Å²) in [6.45, 7) is 4.78. The average molecular weight is 382 g/mol. The van der Waals surface area contributed by atoms with Crippen LogP contribution in [0.15, 0.2) is 39.5 Å². The fourth-order valence-corrected chi connectivity index (χ4v) is 3.57. The summed E-state index contributed by atoms with van der Waals surface area (Å²) in [5.41, 5.74) is 1.95. The monoisotopic (exact) mass is 382 g/mol. The van der Waals surface area contributed by atoms with Crippen molar-refractivity contribution < 1.29 is 13.9 Å². The van der Waals surface area contributed by atoms with E-state index in [9.17, 15) is 9.59 Å². The molecule has 0 saturated carbocycles. The standard InChI is InChI=1S/C20H22N4O4/c1-13-10-18(22-14(2)21-13)27-15-6-5-9-23(11-15)19(25)12-24-16-7-3-4-8-17(16)28-20(24)26/h3-4,7-8,10,15H,5-6,9,11-12H2,1-2H3. The second kappa shape index (κ2) is 7.46. The molecule has 1 amide bonds. The third-order valence-corrected chi connectivity index (χ3v) is 4.83. The van der Waals surface area contributed by atoms with Crippen LogP contribution in [-0.4, -0.2) is 44.5 Å². The molecular weight excluding hydrogens is 360 g/mol. The van der Waals surface area contributed by atoms with Crippen molar-refractivity contribution in [2.24, 2.45) is 0 Å². The summed E-state index contributed by atoms with van der Waals surface area (Å²) >= 11 is 0. The van der Waals surface area contributed by atoms with Gasteiger partial charge >= 0.3 is 5.76 Å². The lowest BCUT2D eigenvalue weighted by Crippen LogP contribution is -2.46. The number of hydrogen-bond acceptors (Lipinski definition) is 6. The summed E-state index contributed by atoms with van der Waals surface area (Å²) in [4.78, 5) is 35.2. The van der Waals surface area contributed by atoms with Crippen molar-refractivity contribution in [2.45, 2.75) is 39.3 Å². The lowest BCUT2D eigenvalue weighted by molar-refractivity contribution is -0.134. The molecule has 3 aromatic rings. The van der Waals surface area contributed by atoms with Crippen LogP contribution in [0, 0.1) is 13.8 Å². The number of amides is 1. The molecule has 8 heteroatoms. The van der Waals surface area contributed by atoms with Crippen LogP contribution in [0.4, 0.5) is 0 Å². The topological polar surface area (TPSA) is 90.5 Å². The maximum absolute atomic E-state index is 12.8. The highest BCUT2D eigenvalue weighted by molar-refractivity contribution is 5.79. The number of carbonyl (C=O) groups is 1. The number of aromatic nitrogens is 3. The third kappa shape index (κ3) is 3.76. The molecular formula is C20H22N4O4. The third-order valence-electron chi connectivity index (χ3n) is 4.83. The molecule has 4 rings (SSSR count). The van der Waals surface area contributed by atoms with Gasteiger partial charge in [0.2, 0.25) is 11.8 Å². The summed E-state index contributed by atoms with van der Waals surface area (Å²) < 4.78 is 12.6. The summed E-state index contributed by atoms with van der Waals surface area (Å²) in [5.74, 6) is 0.537. The number of fused-ring (bicyclic) bond motifs is 1. The first-order chi connectivity index (χ1) is 13.5. The van der Waals surface area contributed by atoms with Gasteiger partial charge in [-0.2, -0.15) is 4.98 Å². The zero-order valence-electron chi connectivity index (χ0n) is 15.9. The Morgan fingerprint density at radius 3 is 2.93 bits per heavy atom. The highest BCUT2D eigenvalue weighted by Gasteiger charge is 2.26. The number of benzene rings is 1. The first kappa shape index (κ1) is 18.2. The van der Waals surface area contributed by atoms with Crippen LogP contribution in [0.2, 0.25) is 0 Å². The van der Waals surface area contributed by atoms with Gasteiger partial charge in [-0.15, -0.1) is 0 Å². The molecule has 8 nitrogen and oxygen atoms in total. The maximum Gasteiger partial charge on any atom is 0.420 e. The van der Waals surface area contributed by atoms with Gasteiger partial charge in [-0.05, 0) is 38.8 Å². The van der Waals surface area contributed by atoms with Gasteiger partial charge in [0.25, 0.3) is 0 Å². The predicted octanol–water partition coefficient (Wildman–Crippen LogP) is 2.07. The molecule has 0 N–H and O–H groups in total. The number of para-hydroxylation sites is 2. The Bertz CT molecular complexity index is 1050. The minimum absolute atomic E-state index is 0.0473. The van der Waals surface area contributed by atoms with Crippen molar-refractivity contribution in [2.75, 3.05) is 13.1 Å². The van der Waals surface area contributed by atoms with Gasteiger partial charge in [0.15, 0.2) is 5.58 Å². The van der Waals surface area contributed by atoms with E-state index in [0.29, 0.717) is 35.9 Å². The van der Waals surface area contributed by atoms with E-state index in [1.54, 1.807) is 29.2 Å². The van der Waals surface area contributed by atoms with E-state index in [0.717, 1.165) is 18.5 Å². The van der Waals surface area contributed by atoms with E-state index in [4.69, 9.17) is 9.15 Å². The smallest absolute Gasteiger partial charge is 0.420 e. The van der Waals surface area contributed by atoms with Crippen LogP contribution in [0.5, 0.6) is 5.88 Å². The number of likely N-dealkylation sites (tertiary alicyclic amines) is 1. The van der Waals surface area contributed by atoms with E-state index in [-0.39, 0.29) is 18.6 Å².